The summed E-state index contributed by atoms with van der Waals surface area (Å²) in [5.74, 6) is -0.606. The standard InChI is InChI=1S/C42H42N4O14S5/c1-5-63(49,50)45(31-21-27(7-9-35(31)55-3)29-25-61-41-33(47)23-37(59-39(29)41)43-11-16-57-17-12-43)15-20-65(53,54)46(64(51,52)6-2)32-22-28(8-10-36(32)56-4)30-26-62-42-34(48)24-38(60-40(30)42)44-13-18-58-19-14-44/h5-10,21-26H,1-2,11-20H2,3-4H3. The Bertz CT molecular complexity index is 3270. The second kappa shape index (κ2) is 18.3. The number of anilines is 4. The lowest BCUT2D eigenvalue weighted by molar-refractivity contribution is 0.120. The number of rotatable bonds is 16. The molecule has 2 aromatic carbocycles. The van der Waals surface area contributed by atoms with Crippen molar-refractivity contribution in [2.45, 2.75) is 0 Å². The van der Waals surface area contributed by atoms with E-state index in [1.165, 1.54) is 50.6 Å². The van der Waals surface area contributed by atoms with Crippen LogP contribution in [0.3, 0.4) is 0 Å². The first-order valence-electron chi connectivity index (χ1n) is 19.8. The molecule has 0 bridgehead atoms. The van der Waals surface area contributed by atoms with Gasteiger partial charge in [-0.15, -0.1) is 22.7 Å². The second-order valence-electron chi connectivity index (χ2n) is 14.5. The van der Waals surface area contributed by atoms with Crippen molar-refractivity contribution in [3.05, 3.63) is 104 Å². The van der Waals surface area contributed by atoms with Crippen molar-refractivity contribution in [3.63, 3.8) is 0 Å². The van der Waals surface area contributed by atoms with Crippen molar-refractivity contribution in [2.24, 2.45) is 0 Å². The Morgan fingerprint density at radius 2 is 1.11 bits per heavy atom. The van der Waals surface area contributed by atoms with Crippen LogP contribution in [0.5, 0.6) is 11.5 Å². The summed E-state index contributed by atoms with van der Waals surface area (Å²) in [4.78, 5) is 30.2. The van der Waals surface area contributed by atoms with Crippen LogP contribution in [0, 0.1) is 0 Å². The Labute approximate surface area is 381 Å². The number of hydrogen-bond acceptors (Lipinski definition) is 18. The normalized spacial score (nSPS) is 15.0. The van der Waals surface area contributed by atoms with E-state index in [-0.39, 0.29) is 53.2 Å². The number of thiophene rings is 2. The van der Waals surface area contributed by atoms with Gasteiger partial charge in [-0.3, -0.25) is 13.9 Å². The van der Waals surface area contributed by atoms with Crippen LogP contribution in [0.15, 0.2) is 102 Å². The first-order chi connectivity index (χ1) is 31.1. The lowest BCUT2D eigenvalue weighted by Gasteiger charge is -2.28. The van der Waals surface area contributed by atoms with Gasteiger partial charge in [0.15, 0.2) is 22.9 Å². The summed E-state index contributed by atoms with van der Waals surface area (Å²) < 4.78 is 121. The molecule has 18 nitrogen and oxygen atoms in total. The summed E-state index contributed by atoms with van der Waals surface area (Å²) in [7, 11) is -12.0. The minimum atomic E-state index is -5.07. The molecule has 0 atom stereocenters. The van der Waals surface area contributed by atoms with Gasteiger partial charge in [0.2, 0.25) is 20.9 Å². The zero-order valence-electron chi connectivity index (χ0n) is 35.0. The molecular formula is C42H42N4O14S5. The highest BCUT2D eigenvalue weighted by Gasteiger charge is 2.37. The maximum absolute atomic E-state index is 14.6. The fourth-order valence-electron chi connectivity index (χ4n) is 7.46. The van der Waals surface area contributed by atoms with E-state index in [1.807, 2.05) is 9.80 Å². The molecule has 6 aromatic rings. The molecule has 0 N–H and O–H groups in total. The predicted molar refractivity (Wildman–Crippen MR) is 253 cm³/mol. The smallest absolute Gasteiger partial charge is 0.270 e. The summed E-state index contributed by atoms with van der Waals surface area (Å²) >= 11 is 2.24. The number of ether oxygens (including phenoxy) is 4. The molecule has 2 aliphatic heterocycles. The Balaban J connectivity index is 1.18. The molecule has 0 saturated carbocycles. The van der Waals surface area contributed by atoms with Gasteiger partial charge in [0.1, 0.15) is 26.6 Å². The van der Waals surface area contributed by atoms with E-state index in [0.29, 0.717) is 96.6 Å². The first kappa shape index (κ1) is 45.9. The molecule has 344 valence electrons. The van der Waals surface area contributed by atoms with Crippen LogP contribution in [-0.2, 0) is 39.5 Å². The Hall–Kier alpha value is -5.69. The first-order valence-corrected chi connectivity index (χ1v) is 26.2. The van der Waals surface area contributed by atoms with Crippen molar-refractivity contribution in [2.75, 3.05) is 96.9 Å². The second-order valence-corrected chi connectivity index (χ2v) is 22.0. The fraction of sp³-hybridized carbons (Fsp3) is 0.286. The van der Waals surface area contributed by atoms with Gasteiger partial charge in [-0.05, 0) is 35.4 Å². The maximum Gasteiger partial charge on any atom is 0.270 e. The van der Waals surface area contributed by atoms with Crippen molar-refractivity contribution in [3.8, 4) is 33.8 Å². The van der Waals surface area contributed by atoms with Crippen LogP contribution in [0.25, 0.3) is 42.8 Å². The minimum Gasteiger partial charge on any atom is -0.495 e. The quantitative estimate of drug-likeness (QED) is 0.115. The molecule has 65 heavy (non-hydrogen) atoms. The van der Waals surface area contributed by atoms with Crippen molar-refractivity contribution >= 4 is 96.5 Å². The number of benzene rings is 2. The zero-order chi connectivity index (χ0) is 46.3. The lowest BCUT2D eigenvalue weighted by atomic mass is 10.1. The van der Waals surface area contributed by atoms with Gasteiger partial charge in [-0.2, -0.15) is 3.71 Å². The highest BCUT2D eigenvalue weighted by molar-refractivity contribution is 8.11. The third kappa shape index (κ3) is 8.88. The molecule has 0 amide bonds. The van der Waals surface area contributed by atoms with Gasteiger partial charge in [0.05, 0.1) is 58.6 Å². The van der Waals surface area contributed by atoms with Crippen LogP contribution >= 0.6 is 22.7 Å². The average molecular weight is 987 g/mol. The van der Waals surface area contributed by atoms with E-state index in [2.05, 4.69) is 13.2 Å². The van der Waals surface area contributed by atoms with E-state index >= 15 is 0 Å². The van der Waals surface area contributed by atoms with Crippen LogP contribution in [0.4, 0.5) is 23.1 Å². The highest BCUT2D eigenvalue weighted by atomic mass is 32.3. The van der Waals surface area contributed by atoms with E-state index in [1.54, 1.807) is 22.9 Å². The Morgan fingerprint density at radius 1 is 0.662 bits per heavy atom. The molecule has 8 rings (SSSR count). The van der Waals surface area contributed by atoms with E-state index in [0.717, 1.165) is 27.0 Å². The summed E-state index contributed by atoms with van der Waals surface area (Å²) in [6.45, 7) is 9.72. The van der Waals surface area contributed by atoms with E-state index in [9.17, 15) is 34.8 Å². The SMILES string of the molecule is C=CS(=O)(=O)N(CCS(=O)(=O)N(c1cc(-c2csc3c(=O)cc(N4CCOCC4)oc23)ccc1OC)S(=O)(=O)C=C)c1cc(-c2csc3c(=O)cc(N4CCOCC4)oc23)ccc1OC. The van der Waals surface area contributed by atoms with Gasteiger partial charge in [-0.25, -0.2) is 25.3 Å². The molecule has 6 heterocycles. The van der Waals surface area contributed by atoms with E-state index < -0.39 is 48.1 Å². The van der Waals surface area contributed by atoms with Gasteiger partial charge >= 0.3 is 0 Å². The summed E-state index contributed by atoms with van der Waals surface area (Å²) in [5, 5.41) is 4.40. The maximum atomic E-state index is 14.6. The lowest BCUT2D eigenvalue weighted by Crippen LogP contribution is -2.42. The Kier molecular flexibility index (Phi) is 12.9. The molecule has 2 saturated heterocycles. The third-order valence-corrected chi connectivity index (χ3v) is 17.9. The van der Waals surface area contributed by atoms with Crippen molar-refractivity contribution in [1.29, 1.82) is 0 Å². The largest absolute Gasteiger partial charge is 0.495 e. The number of sulfonamides is 3. The zero-order valence-corrected chi connectivity index (χ0v) is 39.0. The molecule has 0 spiro atoms. The van der Waals surface area contributed by atoms with Gasteiger partial charge in [0, 0.05) is 71.0 Å². The molecule has 0 aliphatic carbocycles. The molecule has 0 radical (unpaired) electrons. The average Bonchev–Trinajstić information content (AvgIpc) is 3.95. The third-order valence-electron chi connectivity index (χ3n) is 10.7. The molecule has 0 unspecified atom stereocenters. The summed E-state index contributed by atoms with van der Waals surface area (Å²) in [6, 6.07) is 11.5. The Morgan fingerprint density at radius 3 is 1.55 bits per heavy atom. The highest BCUT2D eigenvalue weighted by Crippen LogP contribution is 2.43. The topological polar surface area (TPSA) is 213 Å². The van der Waals surface area contributed by atoms with E-state index in [4.69, 9.17) is 27.8 Å². The van der Waals surface area contributed by atoms with Gasteiger partial charge in [0.25, 0.3) is 20.0 Å². The minimum absolute atomic E-state index is 0.0166. The number of nitrogens with zero attached hydrogens (tertiary/aromatic N) is 4. The van der Waals surface area contributed by atoms with Crippen molar-refractivity contribution < 1.29 is 53.0 Å². The number of hydrogen-bond donors (Lipinski definition) is 0. The molecule has 2 aliphatic rings. The van der Waals surface area contributed by atoms with Crippen LogP contribution in [0.1, 0.15) is 0 Å². The summed E-state index contributed by atoms with van der Waals surface area (Å²) in [6.07, 6.45) is 0. The molecule has 4 aromatic heterocycles. The van der Waals surface area contributed by atoms with Crippen LogP contribution in [-0.4, -0.2) is 104 Å². The molecule has 23 heteroatoms. The number of morpholine rings is 2. The predicted octanol–water partition coefficient (Wildman–Crippen LogP) is 5.64. The van der Waals surface area contributed by atoms with Crippen molar-refractivity contribution in [1.82, 2.24) is 0 Å². The fourth-order valence-corrected chi connectivity index (χ4v) is 13.6. The number of fused-ring (bicyclic) bond motifs is 2. The van der Waals surface area contributed by atoms with Crippen LogP contribution in [0.2, 0.25) is 0 Å². The number of methoxy groups -OCH3 is 2. The monoisotopic (exact) mass is 986 g/mol. The van der Waals surface area contributed by atoms with Gasteiger partial charge < -0.3 is 37.6 Å². The molecular weight excluding hydrogens is 945 g/mol. The summed E-state index contributed by atoms with van der Waals surface area (Å²) in [5.41, 5.74) is 0.832. The van der Waals surface area contributed by atoms with Gasteiger partial charge in [-0.1, -0.05) is 25.3 Å². The van der Waals surface area contributed by atoms with Crippen LogP contribution < -0.4 is 38.1 Å². The molecule has 2 fully saturated rings.